The van der Waals surface area contributed by atoms with E-state index in [9.17, 15) is 0 Å². The van der Waals surface area contributed by atoms with Crippen LogP contribution in [0.5, 0.6) is 0 Å². The van der Waals surface area contributed by atoms with E-state index >= 15 is 0 Å². The van der Waals surface area contributed by atoms with E-state index in [1.54, 1.807) is 0 Å². The van der Waals surface area contributed by atoms with Gasteiger partial charge in [0, 0.05) is 0 Å². The molecule has 0 aromatic heterocycles. The average Bonchev–Trinajstić information content (AvgIpc) is 2.11. The molecule has 0 spiro atoms. The second-order valence-corrected chi connectivity index (χ2v) is 4.13. The molecule has 100 valence electrons. The van der Waals surface area contributed by atoms with E-state index in [0.717, 1.165) is 11.8 Å². The molecule has 0 unspecified atom stereocenters. The van der Waals surface area contributed by atoms with Crippen molar-refractivity contribution in [3.63, 3.8) is 0 Å². The average molecular weight is 220 g/mol. The van der Waals surface area contributed by atoms with Gasteiger partial charge in [-0.05, 0) is 17.3 Å². The normalized spacial score (nSPS) is 8.80. The summed E-state index contributed by atoms with van der Waals surface area (Å²) in [6.45, 7) is 21.8. The lowest BCUT2D eigenvalue weighted by Crippen LogP contribution is -2.25. The predicted octanol–water partition coefficient (Wildman–Crippen LogP) is 6.65. The fourth-order valence-corrected chi connectivity index (χ4v) is 0.667. The Kier molecular flexibility index (Phi) is 32.2. The van der Waals surface area contributed by atoms with Crippen molar-refractivity contribution in [1.29, 1.82) is 0 Å². The van der Waals surface area contributed by atoms with Crippen molar-refractivity contribution in [2.45, 2.75) is 84.1 Å². The van der Waals surface area contributed by atoms with Gasteiger partial charge in [-0.3, -0.25) is 0 Å². The SMILES string of the molecule is C.C.CC.CC.CC(C)C(C)(C)C(C)C. The minimum absolute atomic E-state index is 0. The summed E-state index contributed by atoms with van der Waals surface area (Å²) in [5, 5.41) is 0. The molecule has 0 aromatic rings. The molecule has 0 fully saturated rings. The molecule has 0 saturated heterocycles. The van der Waals surface area contributed by atoms with Crippen LogP contribution in [-0.4, -0.2) is 0 Å². The molecule has 0 saturated carbocycles. The van der Waals surface area contributed by atoms with Crippen LogP contribution in [0.15, 0.2) is 0 Å². The summed E-state index contributed by atoms with van der Waals surface area (Å²) in [7, 11) is 0. The van der Waals surface area contributed by atoms with Crippen molar-refractivity contribution < 1.29 is 0 Å². The Balaban J connectivity index is -0.0000000496. The molecule has 0 aromatic carbocycles. The lowest BCUT2D eigenvalue weighted by Gasteiger charge is -2.33. The van der Waals surface area contributed by atoms with Crippen LogP contribution in [0, 0.1) is 17.3 Å². The van der Waals surface area contributed by atoms with Gasteiger partial charge in [-0.1, -0.05) is 84.1 Å². The highest BCUT2D eigenvalue weighted by Gasteiger charge is 2.25. The van der Waals surface area contributed by atoms with Gasteiger partial charge in [0.1, 0.15) is 0 Å². The van der Waals surface area contributed by atoms with Crippen LogP contribution in [0.25, 0.3) is 0 Å². The number of hydrogen-bond donors (Lipinski definition) is 0. The maximum absolute atomic E-state index is 2.34. The van der Waals surface area contributed by atoms with Crippen LogP contribution >= 0.6 is 0 Å². The van der Waals surface area contributed by atoms with Gasteiger partial charge in [-0.25, -0.2) is 0 Å². The van der Waals surface area contributed by atoms with Gasteiger partial charge in [0.25, 0.3) is 0 Å². The maximum atomic E-state index is 2.34. The Morgan fingerprint density at radius 3 is 0.733 bits per heavy atom. The zero-order chi connectivity index (χ0) is 11.7. The Morgan fingerprint density at radius 1 is 0.600 bits per heavy atom. The lowest BCUT2D eigenvalue weighted by atomic mass is 9.72. The van der Waals surface area contributed by atoms with Crippen molar-refractivity contribution in [3.05, 3.63) is 0 Å². The van der Waals surface area contributed by atoms with E-state index < -0.39 is 0 Å². The highest BCUT2D eigenvalue weighted by Crippen LogP contribution is 2.33. The first kappa shape index (κ1) is 29.4. The molecule has 0 atom stereocenters. The summed E-state index contributed by atoms with van der Waals surface area (Å²) in [6, 6.07) is 0. The fourth-order valence-electron chi connectivity index (χ4n) is 0.667. The van der Waals surface area contributed by atoms with Crippen molar-refractivity contribution in [2.75, 3.05) is 0 Å². The Bertz CT molecular complexity index is 68.0. The van der Waals surface area contributed by atoms with Gasteiger partial charge < -0.3 is 0 Å². The van der Waals surface area contributed by atoms with Crippen molar-refractivity contribution in [1.82, 2.24) is 0 Å². The van der Waals surface area contributed by atoms with Crippen LogP contribution in [0.3, 0.4) is 0 Å². The van der Waals surface area contributed by atoms with Crippen LogP contribution in [0.1, 0.15) is 84.1 Å². The maximum Gasteiger partial charge on any atom is -0.0308 e. The van der Waals surface area contributed by atoms with E-state index in [-0.39, 0.29) is 14.9 Å². The molecule has 0 rings (SSSR count). The van der Waals surface area contributed by atoms with Crippen molar-refractivity contribution in [3.8, 4) is 0 Å². The van der Waals surface area contributed by atoms with Gasteiger partial charge in [0.05, 0.1) is 0 Å². The molecular formula is C15H40. The second kappa shape index (κ2) is 16.4. The van der Waals surface area contributed by atoms with E-state index in [4.69, 9.17) is 0 Å². The highest BCUT2D eigenvalue weighted by molar-refractivity contribution is 4.75. The highest BCUT2D eigenvalue weighted by atomic mass is 14.3. The summed E-state index contributed by atoms with van der Waals surface area (Å²) >= 11 is 0. The minimum Gasteiger partial charge on any atom is -0.0776 e. The van der Waals surface area contributed by atoms with Gasteiger partial charge in [0.15, 0.2) is 0 Å². The largest absolute Gasteiger partial charge is 0.0776 e. The molecule has 0 amide bonds. The summed E-state index contributed by atoms with van der Waals surface area (Å²) in [6.07, 6.45) is 0. The third-order valence-corrected chi connectivity index (χ3v) is 2.98. The third kappa shape index (κ3) is 14.0. The Labute approximate surface area is 102 Å². The fraction of sp³-hybridized carbons (Fsp3) is 1.00. The summed E-state index contributed by atoms with van der Waals surface area (Å²) < 4.78 is 0. The third-order valence-electron chi connectivity index (χ3n) is 2.98. The first-order valence-corrected chi connectivity index (χ1v) is 5.89. The molecule has 0 aliphatic rings. The van der Waals surface area contributed by atoms with E-state index in [1.165, 1.54) is 0 Å². The standard InChI is InChI=1S/C9H20.2C2H6.2CH4/c1-7(2)9(5,6)8(3)4;2*1-2;;/h7-8H,1-6H3;2*1-2H3;2*1H4. The molecule has 0 nitrogen and oxygen atoms in total. The van der Waals surface area contributed by atoms with E-state index in [0.29, 0.717) is 5.41 Å². The van der Waals surface area contributed by atoms with Crippen molar-refractivity contribution in [2.24, 2.45) is 17.3 Å². The Morgan fingerprint density at radius 2 is 0.733 bits per heavy atom. The first-order chi connectivity index (χ1) is 5.89. The molecule has 0 bridgehead atoms. The Hall–Kier alpha value is 0. The monoisotopic (exact) mass is 220 g/mol. The van der Waals surface area contributed by atoms with Crippen LogP contribution < -0.4 is 0 Å². The molecule has 15 heavy (non-hydrogen) atoms. The predicted molar refractivity (Wildman–Crippen MR) is 79.6 cm³/mol. The topological polar surface area (TPSA) is 0 Å². The molecule has 0 radical (unpaired) electrons. The van der Waals surface area contributed by atoms with Gasteiger partial charge in [0.2, 0.25) is 0 Å². The zero-order valence-corrected chi connectivity index (χ0v) is 11.7. The van der Waals surface area contributed by atoms with Gasteiger partial charge >= 0.3 is 0 Å². The molecule has 0 heterocycles. The molecule has 0 aliphatic heterocycles. The lowest BCUT2D eigenvalue weighted by molar-refractivity contribution is 0.165. The molecule has 0 N–H and O–H groups in total. The molecule has 0 heteroatoms. The minimum atomic E-state index is 0. The number of rotatable bonds is 2. The molecule has 0 aliphatic carbocycles. The summed E-state index contributed by atoms with van der Waals surface area (Å²) in [5.41, 5.74) is 0.500. The van der Waals surface area contributed by atoms with Crippen LogP contribution in [0.4, 0.5) is 0 Å². The van der Waals surface area contributed by atoms with Gasteiger partial charge in [-0.2, -0.15) is 0 Å². The van der Waals surface area contributed by atoms with Crippen LogP contribution in [0.2, 0.25) is 0 Å². The first-order valence-electron chi connectivity index (χ1n) is 5.89. The summed E-state index contributed by atoms with van der Waals surface area (Å²) in [4.78, 5) is 0. The van der Waals surface area contributed by atoms with Crippen LogP contribution in [-0.2, 0) is 0 Å². The summed E-state index contributed by atoms with van der Waals surface area (Å²) in [5.74, 6) is 1.58. The van der Waals surface area contributed by atoms with E-state index in [2.05, 4.69) is 41.5 Å². The smallest absolute Gasteiger partial charge is 0.0308 e. The number of hydrogen-bond acceptors (Lipinski definition) is 0. The van der Waals surface area contributed by atoms with E-state index in [1.807, 2.05) is 27.7 Å². The second-order valence-electron chi connectivity index (χ2n) is 4.13. The zero-order valence-electron chi connectivity index (χ0n) is 11.7. The van der Waals surface area contributed by atoms with Crippen molar-refractivity contribution >= 4 is 0 Å². The quantitative estimate of drug-likeness (QED) is 0.489. The molecular weight excluding hydrogens is 180 g/mol. The van der Waals surface area contributed by atoms with Gasteiger partial charge in [-0.15, -0.1) is 0 Å².